The minimum absolute atomic E-state index is 0.0117. The molecule has 0 amide bonds. The molecular formula is C33H52O4. The van der Waals surface area contributed by atoms with Crippen molar-refractivity contribution in [3.05, 3.63) is 11.6 Å². The maximum Gasteiger partial charge on any atom is 0.312 e. The Morgan fingerprint density at radius 3 is 2.24 bits per heavy atom. The Kier molecular flexibility index (Phi) is 6.33. The summed E-state index contributed by atoms with van der Waals surface area (Å²) in [7, 11) is 1.59. The Hall–Kier alpha value is -1.32. The topological polar surface area (TPSA) is 52.6 Å². The van der Waals surface area contributed by atoms with Crippen LogP contribution < -0.4 is 0 Å². The van der Waals surface area contributed by atoms with Gasteiger partial charge in [-0.1, -0.05) is 60.1 Å². The summed E-state index contributed by atoms with van der Waals surface area (Å²) >= 11 is 0. The van der Waals surface area contributed by atoms with Gasteiger partial charge < -0.3 is 9.47 Å². The smallest absolute Gasteiger partial charge is 0.312 e. The summed E-state index contributed by atoms with van der Waals surface area (Å²) in [6, 6.07) is 0. The lowest BCUT2D eigenvalue weighted by Crippen LogP contribution is -2.65. The number of hydrogen-bond acceptors (Lipinski definition) is 4. The minimum Gasteiger partial charge on any atom is -0.469 e. The number of hydrogen-bond donors (Lipinski definition) is 0. The Morgan fingerprint density at radius 1 is 0.892 bits per heavy atom. The molecule has 4 fully saturated rings. The van der Waals surface area contributed by atoms with Crippen LogP contribution in [0.25, 0.3) is 0 Å². The van der Waals surface area contributed by atoms with E-state index in [1.165, 1.54) is 12.8 Å². The first-order chi connectivity index (χ1) is 17.2. The molecule has 0 unspecified atom stereocenters. The fraction of sp³-hybridized carbons (Fsp3) is 0.879. The van der Waals surface area contributed by atoms with Crippen LogP contribution in [0.2, 0.25) is 0 Å². The molecule has 208 valence electrons. The van der Waals surface area contributed by atoms with Gasteiger partial charge in [-0.3, -0.25) is 9.59 Å². The number of allylic oxidation sites excluding steroid dienone is 2. The van der Waals surface area contributed by atoms with Crippen LogP contribution in [0.4, 0.5) is 0 Å². The largest absolute Gasteiger partial charge is 0.469 e. The maximum absolute atomic E-state index is 13.4. The van der Waals surface area contributed by atoms with Gasteiger partial charge in [0.1, 0.15) is 6.10 Å². The third-order valence-electron chi connectivity index (χ3n) is 13.8. The average Bonchev–Trinajstić information content (AvgIpc) is 2.83. The lowest BCUT2D eigenvalue weighted by atomic mass is 9.33. The molecule has 5 aliphatic carbocycles. The van der Waals surface area contributed by atoms with E-state index in [2.05, 4.69) is 54.5 Å². The molecule has 0 radical (unpaired) electrons. The first-order valence-corrected chi connectivity index (χ1v) is 15.2. The minimum atomic E-state index is -0.347. The SMILES string of the molecule is COC(=O)[C@]12CC[C@H](C)[C@H](C)[C@@H]1C1=CC[C@@H]3[C@]4(C)CC[C@H](OC(C)=O)C(C)(C)[C@@H]4CC[C@@]3(C)[C@]1(C)CC2. The van der Waals surface area contributed by atoms with Crippen LogP contribution in [0.3, 0.4) is 0 Å². The number of rotatable bonds is 2. The van der Waals surface area contributed by atoms with Crippen LogP contribution in [0, 0.1) is 56.7 Å². The zero-order valence-corrected chi connectivity index (χ0v) is 25.0. The number of carbonyl (C=O) groups is 2. The predicted octanol–water partition coefficient (Wildman–Crippen LogP) is 7.75. The lowest BCUT2D eigenvalue weighted by molar-refractivity contribution is -0.214. The summed E-state index contributed by atoms with van der Waals surface area (Å²) in [6.45, 7) is 18.8. The van der Waals surface area contributed by atoms with Crippen LogP contribution in [0.5, 0.6) is 0 Å². The summed E-state index contributed by atoms with van der Waals surface area (Å²) in [4.78, 5) is 25.4. The third kappa shape index (κ3) is 3.45. The number of esters is 2. The van der Waals surface area contributed by atoms with Gasteiger partial charge in [0.05, 0.1) is 12.5 Å². The van der Waals surface area contributed by atoms with Crippen molar-refractivity contribution in [2.24, 2.45) is 56.7 Å². The molecule has 0 bridgehead atoms. The molecule has 0 aromatic heterocycles. The fourth-order valence-electron chi connectivity index (χ4n) is 11.4. The van der Waals surface area contributed by atoms with E-state index in [9.17, 15) is 9.59 Å². The highest BCUT2D eigenvalue weighted by molar-refractivity contribution is 5.78. The summed E-state index contributed by atoms with van der Waals surface area (Å²) in [5, 5.41) is 0. The van der Waals surface area contributed by atoms with Gasteiger partial charge >= 0.3 is 11.9 Å². The molecular weight excluding hydrogens is 460 g/mol. The van der Waals surface area contributed by atoms with Crippen molar-refractivity contribution in [2.45, 2.75) is 119 Å². The second kappa shape index (κ2) is 8.59. The molecule has 4 nitrogen and oxygen atoms in total. The van der Waals surface area contributed by atoms with Crippen LogP contribution in [0.15, 0.2) is 11.6 Å². The molecule has 0 heterocycles. The number of ether oxygens (including phenoxy) is 2. The quantitative estimate of drug-likeness (QED) is 0.280. The Labute approximate surface area is 225 Å². The van der Waals surface area contributed by atoms with Crippen molar-refractivity contribution < 1.29 is 19.1 Å². The summed E-state index contributed by atoms with van der Waals surface area (Å²) < 4.78 is 11.4. The van der Waals surface area contributed by atoms with Crippen LogP contribution in [-0.4, -0.2) is 25.2 Å². The highest BCUT2D eigenvalue weighted by Gasteiger charge is 2.69. The van der Waals surface area contributed by atoms with Crippen molar-refractivity contribution in [3.8, 4) is 0 Å². The van der Waals surface area contributed by atoms with E-state index in [0.29, 0.717) is 29.6 Å². The number of methoxy groups -OCH3 is 1. The highest BCUT2D eigenvalue weighted by atomic mass is 16.5. The number of fused-ring (bicyclic) bond motifs is 7. The van der Waals surface area contributed by atoms with Gasteiger partial charge in [0, 0.05) is 12.3 Å². The van der Waals surface area contributed by atoms with Crippen LogP contribution in [0.1, 0.15) is 113 Å². The van der Waals surface area contributed by atoms with Gasteiger partial charge in [-0.05, 0) is 104 Å². The molecule has 5 rings (SSSR count). The summed E-state index contributed by atoms with van der Waals surface area (Å²) in [5.74, 6) is 2.45. The monoisotopic (exact) mass is 512 g/mol. The van der Waals surface area contributed by atoms with Gasteiger partial charge in [-0.25, -0.2) is 0 Å². The molecule has 4 saturated carbocycles. The van der Waals surface area contributed by atoms with E-state index >= 15 is 0 Å². The molecule has 5 aliphatic rings. The van der Waals surface area contributed by atoms with Gasteiger partial charge in [0.15, 0.2) is 0 Å². The Morgan fingerprint density at radius 2 is 1.59 bits per heavy atom. The molecule has 0 spiro atoms. The molecule has 0 aliphatic heterocycles. The zero-order valence-electron chi connectivity index (χ0n) is 25.0. The van der Waals surface area contributed by atoms with Crippen LogP contribution >= 0.6 is 0 Å². The average molecular weight is 513 g/mol. The predicted molar refractivity (Wildman–Crippen MR) is 147 cm³/mol. The standard InChI is InChI=1S/C33H52O4/c1-20-12-17-33(28(35)36-9)19-18-31(7)23(27(33)21(20)2)10-11-25-30(6)15-14-26(37-22(3)34)29(4,5)24(30)13-16-32(25,31)8/h10,20-21,24-27H,11-19H2,1-9H3/t20-,21-,24-,25+,26-,27+,30+,31+,32+,33-/m0/s1. The van der Waals surface area contributed by atoms with Crippen LogP contribution in [-0.2, 0) is 19.1 Å². The highest BCUT2D eigenvalue weighted by Crippen LogP contribution is 2.76. The normalized spacial score (nSPS) is 50.4. The number of carbonyl (C=O) groups excluding carboxylic acids is 2. The van der Waals surface area contributed by atoms with Gasteiger partial charge in [-0.15, -0.1) is 0 Å². The molecule has 0 aromatic carbocycles. The van der Waals surface area contributed by atoms with E-state index < -0.39 is 0 Å². The molecule has 0 saturated heterocycles. The van der Waals surface area contributed by atoms with Crippen molar-refractivity contribution in [1.29, 1.82) is 0 Å². The summed E-state index contributed by atoms with van der Waals surface area (Å²) in [5.41, 5.74) is 1.76. The molecule has 37 heavy (non-hydrogen) atoms. The van der Waals surface area contributed by atoms with E-state index in [4.69, 9.17) is 9.47 Å². The van der Waals surface area contributed by atoms with Gasteiger partial charge in [-0.2, -0.15) is 0 Å². The second-order valence-electron chi connectivity index (χ2n) is 15.3. The van der Waals surface area contributed by atoms with Crippen molar-refractivity contribution in [1.82, 2.24) is 0 Å². The lowest BCUT2D eigenvalue weighted by Gasteiger charge is -2.71. The molecule has 10 atom stereocenters. The third-order valence-corrected chi connectivity index (χ3v) is 13.8. The van der Waals surface area contributed by atoms with Crippen molar-refractivity contribution in [2.75, 3.05) is 7.11 Å². The first kappa shape index (κ1) is 27.3. The van der Waals surface area contributed by atoms with Gasteiger partial charge in [0.25, 0.3) is 0 Å². The van der Waals surface area contributed by atoms with E-state index in [1.807, 2.05) is 0 Å². The zero-order chi connectivity index (χ0) is 27.2. The Balaban J connectivity index is 1.57. The molecule has 0 N–H and O–H groups in total. The molecule has 0 aromatic rings. The van der Waals surface area contributed by atoms with Crippen molar-refractivity contribution in [3.63, 3.8) is 0 Å². The fourth-order valence-corrected chi connectivity index (χ4v) is 11.4. The van der Waals surface area contributed by atoms with Gasteiger partial charge in [0.2, 0.25) is 0 Å². The Bertz CT molecular complexity index is 996. The second-order valence-corrected chi connectivity index (χ2v) is 15.3. The molecule has 4 heteroatoms. The summed E-state index contributed by atoms with van der Waals surface area (Å²) in [6.07, 6.45) is 12.4. The maximum atomic E-state index is 13.4. The van der Waals surface area contributed by atoms with E-state index in [1.54, 1.807) is 19.6 Å². The van der Waals surface area contributed by atoms with E-state index in [0.717, 1.165) is 44.9 Å². The van der Waals surface area contributed by atoms with E-state index in [-0.39, 0.29) is 45.1 Å². The van der Waals surface area contributed by atoms with Crippen molar-refractivity contribution >= 4 is 11.9 Å². The first-order valence-electron chi connectivity index (χ1n) is 15.2.